The van der Waals surface area contributed by atoms with Gasteiger partial charge < -0.3 is 20.7 Å². The Kier molecular flexibility index (Phi) is 5.59. The molecule has 0 unspecified atom stereocenters. The van der Waals surface area contributed by atoms with Crippen molar-refractivity contribution in [3.05, 3.63) is 71.3 Å². The van der Waals surface area contributed by atoms with Crippen LogP contribution in [0.3, 0.4) is 0 Å². The number of hydrogen-bond donors (Lipinski definition) is 3. The van der Waals surface area contributed by atoms with Gasteiger partial charge in [0.2, 0.25) is 0 Å². The van der Waals surface area contributed by atoms with Gasteiger partial charge in [0, 0.05) is 25.2 Å². The summed E-state index contributed by atoms with van der Waals surface area (Å²) in [6.07, 6.45) is 3.09. The molecule has 1 saturated heterocycles. The molecule has 4 N–H and O–H groups in total. The van der Waals surface area contributed by atoms with Gasteiger partial charge in [-0.2, -0.15) is 0 Å². The van der Waals surface area contributed by atoms with Gasteiger partial charge in [-0.05, 0) is 42.2 Å². The number of anilines is 1. The Hall–Kier alpha value is -3.34. The van der Waals surface area contributed by atoms with Crippen molar-refractivity contribution in [2.24, 2.45) is 0 Å². The van der Waals surface area contributed by atoms with Gasteiger partial charge in [0.15, 0.2) is 11.6 Å². The number of nitrogen functional groups attached to an aromatic ring is 1. The van der Waals surface area contributed by atoms with Crippen molar-refractivity contribution in [1.29, 1.82) is 0 Å². The molecule has 176 valence electrons. The molecule has 2 aliphatic rings. The minimum atomic E-state index is -0.950. The molecule has 2 aromatic heterocycles. The Morgan fingerprint density at radius 3 is 2.62 bits per heavy atom. The van der Waals surface area contributed by atoms with Gasteiger partial charge in [0.1, 0.15) is 23.4 Å². The number of halogens is 2. The number of ether oxygens (including phenoxy) is 1. The Labute approximate surface area is 193 Å². The summed E-state index contributed by atoms with van der Waals surface area (Å²) < 4.78 is 34.5. The van der Waals surface area contributed by atoms with Crippen LogP contribution in [0.5, 0.6) is 0 Å². The molecule has 34 heavy (non-hydrogen) atoms. The van der Waals surface area contributed by atoms with Crippen LogP contribution >= 0.6 is 0 Å². The van der Waals surface area contributed by atoms with Gasteiger partial charge >= 0.3 is 0 Å². The normalized spacial score (nSPS) is 23.1. The monoisotopic (exact) mass is 468 g/mol. The number of nitrogens with zero attached hydrogens (tertiary/aromatic N) is 3. The van der Waals surface area contributed by atoms with E-state index in [1.54, 1.807) is 12.3 Å². The van der Waals surface area contributed by atoms with Crippen molar-refractivity contribution in [2.75, 3.05) is 5.73 Å². The summed E-state index contributed by atoms with van der Waals surface area (Å²) in [7, 11) is 0. The van der Waals surface area contributed by atoms with Gasteiger partial charge in [0.25, 0.3) is 0 Å². The van der Waals surface area contributed by atoms with Gasteiger partial charge in [0.05, 0.1) is 35.3 Å². The lowest BCUT2D eigenvalue weighted by Gasteiger charge is -2.38. The van der Waals surface area contributed by atoms with Crippen LogP contribution in [0.25, 0.3) is 11.4 Å². The number of aliphatic hydroxyl groups is 2. The fraction of sp³-hybridized carbons (Fsp3) is 0.333. The predicted octanol–water partition coefficient (Wildman–Crippen LogP) is 2.54. The van der Waals surface area contributed by atoms with E-state index in [1.165, 1.54) is 12.3 Å². The lowest BCUT2D eigenvalue weighted by atomic mass is 9.90. The number of benzene rings is 1. The van der Waals surface area contributed by atoms with Crippen LogP contribution in [0, 0.1) is 11.6 Å². The summed E-state index contributed by atoms with van der Waals surface area (Å²) in [6.45, 7) is 0. The first-order valence-electron chi connectivity index (χ1n) is 10.9. The largest absolute Gasteiger partial charge is 0.396 e. The lowest BCUT2D eigenvalue weighted by molar-refractivity contribution is -0.185. The molecule has 0 radical (unpaired) electrons. The van der Waals surface area contributed by atoms with Crippen molar-refractivity contribution in [2.45, 2.75) is 49.6 Å². The topological polar surface area (TPSA) is 131 Å². The Morgan fingerprint density at radius 2 is 1.91 bits per heavy atom. The molecule has 0 amide bonds. The number of nitrogens with two attached hydrogens (primary N) is 1. The fourth-order valence-electron chi connectivity index (χ4n) is 4.43. The molecule has 0 bridgehead atoms. The van der Waals surface area contributed by atoms with E-state index in [1.807, 2.05) is 0 Å². The van der Waals surface area contributed by atoms with Crippen molar-refractivity contribution in [1.82, 2.24) is 15.0 Å². The molecule has 2 fully saturated rings. The van der Waals surface area contributed by atoms with Crippen molar-refractivity contribution in [3.63, 3.8) is 0 Å². The minimum absolute atomic E-state index is 0.0275. The SMILES string of the molecule is Nc1cnc(-c2c(F)cccc2F)nc1C(=O)Cc1cnccc1[C@H]1C[C@@H](O)[C@H](O)C2(CC2)O1. The minimum Gasteiger partial charge on any atom is -0.396 e. The molecule has 10 heteroatoms. The van der Waals surface area contributed by atoms with E-state index in [9.17, 15) is 23.8 Å². The van der Waals surface area contributed by atoms with E-state index in [-0.39, 0.29) is 30.0 Å². The van der Waals surface area contributed by atoms with Crippen molar-refractivity contribution >= 4 is 11.5 Å². The van der Waals surface area contributed by atoms with E-state index in [2.05, 4.69) is 15.0 Å². The molecule has 1 saturated carbocycles. The molecule has 1 aromatic carbocycles. The van der Waals surface area contributed by atoms with Crippen LogP contribution in [-0.2, 0) is 11.2 Å². The van der Waals surface area contributed by atoms with E-state index >= 15 is 0 Å². The number of rotatable bonds is 5. The third-order valence-corrected chi connectivity index (χ3v) is 6.39. The average molecular weight is 468 g/mol. The molecule has 3 aromatic rings. The fourth-order valence-corrected chi connectivity index (χ4v) is 4.43. The van der Waals surface area contributed by atoms with Crippen LogP contribution < -0.4 is 5.73 Å². The molecule has 3 atom stereocenters. The highest BCUT2D eigenvalue weighted by Crippen LogP contribution is 2.52. The summed E-state index contributed by atoms with van der Waals surface area (Å²) in [6, 6.07) is 5.07. The zero-order valence-corrected chi connectivity index (χ0v) is 18.0. The molecule has 1 aliphatic carbocycles. The third kappa shape index (κ3) is 3.93. The van der Waals surface area contributed by atoms with Gasteiger partial charge in [-0.3, -0.25) is 9.78 Å². The van der Waals surface area contributed by atoms with Crippen LogP contribution in [0.15, 0.2) is 42.9 Å². The van der Waals surface area contributed by atoms with Crippen LogP contribution in [0.4, 0.5) is 14.5 Å². The smallest absolute Gasteiger partial charge is 0.187 e. The number of pyridine rings is 1. The number of aromatic nitrogens is 3. The van der Waals surface area contributed by atoms with Crippen LogP contribution in [0.2, 0.25) is 0 Å². The second kappa shape index (κ2) is 8.46. The third-order valence-electron chi connectivity index (χ3n) is 6.39. The van der Waals surface area contributed by atoms with E-state index in [4.69, 9.17) is 10.5 Å². The molecule has 3 heterocycles. The maximum atomic E-state index is 14.2. The van der Waals surface area contributed by atoms with E-state index < -0.39 is 46.9 Å². The molecular formula is C24H22F2N4O4. The second-order valence-corrected chi connectivity index (χ2v) is 8.69. The highest BCUT2D eigenvalue weighted by molar-refractivity contribution is 6.00. The molecule has 8 nitrogen and oxygen atoms in total. The standard InChI is InChI=1S/C24H22F2N4O4/c25-14-2-1-3-15(26)20(14)23-29-11-16(27)21(30-23)17(31)8-12-10-28-7-4-13(12)19-9-18(32)22(33)24(34-19)5-6-24/h1-4,7,10-11,18-19,22,32-33H,5-6,8-9,27H2/t18-,19-,22+/m1/s1. The molecule has 1 spiro atoms. The zero-order chi connectivity index (χ0) is 24.0. The summed E-state index contributed by atoms with van der Waals surface area (Å²) in [5, 5.41) is 20.6. The highest BCUT2D eigenvalue weighted by Gasteiger charge is 2.57. The first kappa shape index (κ1) is 22.5. The van der Waals surface area contributed by atoms with Crippen molar-refractivity contribution in [3.8, 4) is 11.4 Å². The first-order chi connectivity index (χ1) is 16.3. The van der Waals surface area contributed by atoms with Gasteiger partial charge in [-0.1, -0.05) is 6.07 Å². The number of carbonyl (C=O) groups excluding carboxylic acids is 1. The van der Waals surface area contributed by atoms with Crippen molar-refractivity contribution < 1.29 is 28.5 Å². The van der Waals surface area contributed by atoms with Crippen LogP contribution in [-0.4, -0.2) is 48.8 Å². The number of carbonyl (C=O) groups is 1. The Balaban J connectivity index is 1.44. The van der Waals surface area contributed by atoms with Gasteiger partial charge in [-0.15, -0.1) is 0 Å². The molecule has 1 aliphatic heterocycles. The predicted molar refractivity (Wildman–Crippen MR) is 116 cm³/mol. The Morgan fingerprint density at radius 1 is 1.18 bits per heavy atom. The maximum absolute atomic E-state index is 14.2. The number of hydrogen-bond acceptors (Lipinski definition) is 8. The number of aliphatic hydroxyl groups excluding tert-OH is 2. The van der Waals surface area contributed by atoms with Crippen LogP contribution in [0.1, 0.15) is 47.0 Å². The summed E-state index contributed by atoms with van der Waals surface area (Å²) >= 11 is 0. The highest BCUT2D eigenvalue weighted by atomic mass is 19.1. The summed E-state index contributed by atoms with van der Waals surface area (Å²) in [5.41, 5.74) is 5.72. The van der Waals surface area contributed by atoms with Gasteiger partial charge in [-0.25, -0.2) is 18.7 Å². The van der Waals surface area contributed by atoms with E-state index in [0.717, 1.165) is 18.3 Å². The molecular weight excluding hydrogens is 446 g/mol. The quantitative estimate of drug-likeness (QED) is 0.487. The first-order valence-corrected chi connectivity index (χ1v) is 10.9. The maximum Gasteiger partial charge on any atom is 0.187 e. The zero-order valence-electron chi connectivity index (χ0n) is 18.0. The average Bonchev–Trinajstić information content (AvgIpc) is 3.58. The lowest BCUT2D eigenvalue weighted by Crippen LogP contribution is -2.47. The summed E-state index contributed by atoms with van der Waals surface area (Å²) in [5.74, 6) is -2.50. The Bertz CT molecular complexity index is 1250. The number of ketones is 1. The number of Topliss-reactive ketones (excluding diaryl/α,β-unsaturated/α-hetero) is 1. The second-order valence-electron chi connectivity index (χ2n) is 8.69. The molecule has 5 rings (SSSR count). The summed E-state index contributed by atoms with van der Waals surface area (Å²) in [4.78, 5) is 25.2. The van der Waals surface area contributed by atoms with E-state index in [0.29, 0.717) is 24.0 Å².